The second-order valence-electron chi connectivity index (χ2n) is 4.88. The summed E-state index contributed by atoms with van der Waals surface area (Å²) in [4.78, 5) is 23.7. The van der Waals surface area contributed by atoms with Crippen LogP contribution in [0.2, 0.25) is 0 Å². The Hall–Kier alpha value is -2.81. The summed E-state index contributed by atoms with van der Waals surface area (Å²) in [5.41, 5.74) is 1.89. The fraction of sp³-hybridized carbons (Fsp3) is 0.353. The Kier molecular flexibility index (Phi) is 5.36. The number of fused-ring (bicyclic) bond motifs is 1. The van der Waals surface area contributed by atoms with E-state index in [-0.39, 0.29) is 30.6 Å². The molecule has 0 saturated heterocycles. The highest BCUT2D eigenvalue weighted by molar-refractivity contribution is 6.02. The molecule has 6 nitrogen and oxygen atoms in total. The summed E-state index contributed by atoms with van der Waals surface area (Å²) in [6.07, 6.45) is 0.121. The van der Waals surface area contributed by atoms with Gasteiger partial charge in [0.05, 0.1) is 31.4 Å². The van der Waals surface area contributed by atoms with Crippen molar-refractivity contribution in [2.45, 2.75) is 26.3 Å². The summed E-state index contributed by atoms with van der Waals surface area (Å²) < 4.78 is 9.90. The lowest BCUT2D eigenvalue weighted by Gasteiger charge is -2.12. The molecule has 1 aliphatic rings. The van der Waals surface area contributed by atoms with Crippen LogP contribution in [-0.4, -0.2) is 25.2 Å². The number of hydrogen-bond donors (Lipinski definition) is 1. The zero-order chi connectivity index (χ0) is 16.8. The first-order chi connectivity index (χ1) is 11.1. The minimum atomic E-state index is -0.677. The molecule has 1 heterocycles. The van der Waals surface area contributed by atoms with Gasteiger partial charge in [0.15, 0.2) is 5.57 Å². The van der Waals surface area contributed by atoms with Crippen LogP contribution in [0.3, 0.4) is 0 Å². The quantitative estimate of drug-likeness (QED) is 0.508. The monoisotopic (exact) mass is 314 g/mol. The van der Waals surface area contributed by atoms with Gasteiger partial charge in [-0.1, -0.05) is 24.3 Å². The Bertz CT molecular complexity index is 688. The molecule has 0 spiro atoms. The highest BCUT2D eigenvalue weighted by Gasteiger charge is 2.31. The van der Waals surface area contributed by atoms with Crippen LogP contribution < -0.4 is 5.32 Å². The van der Waals surface area contributed by atoms with Crippen LogP contribution in [0.15, 0.2) is 29.8 Å². The van der Waals surface area contributed by atoms with Gasteiger partial charge < -0.3 is 14.8 Å². The van der Waals surface area contributed by atoms with Gasteiger partial charge in [0, 0.05) is 5.56 Å². The van der Waals surface area contributed by atoms with Crippen molar-refractivity contribution in [3.05, 3.63) is 41.0 Å². The largest absolute Gasteiger partial charge is 0.466 e. The van der Waals surface area contributed by atoms with Crippen LogP contribution in [0.1, 0.15) is 37.4 Å². The van der Waals surface area contributed by atoms with E-state index < -0.39 is 5.97 Å². The minimum absolute atomic E-state index is 0.0920. The second kappa shape index (κ2) is 7.45. The standard InChI is InChI=1S/C17H18N2O4/c1-3-22-15(20)9-14-11-7-5-6-8-12(11)16(19-14)13(10-18)17(21)23-4-2/h5-8,14,19H,3-4,9H2,1-2H3/b16-13-. The normalized spacial score (nSPS) is 17.5. The maximum atomic E-state index is 12.0. The number of carbonyl (C=O) groups is 2. The molecular weight excluding hydrogens is 296 g/mol. The maximum absolute atomic E-state index is 12.0. The number of nitriles is 1. The fourth-order valence-corrected chi connectivity index (χ4v) is 2.52. The van der Waals surface area contributed by atoms with Gasteiger partial charge in [0.25, 0.3) is 0 Å². The average Bonchev–Trinajstić information content (AvgIpc) is 2.88. The topological polar surface area (TPSA) is 88.4 Å². The Balaban J connectivity index is 2.39. The van der Waals surface area contributed by atoms with Crippen molar-refractivity contribution in [2.75, 3.05) is 13.2 Å². The van der Waals surface area contributed by atoms with Gasteiger partial charge in [-0.2, -0.15) is 5.26 Å². The first-order valence-corrected chi connectivity index (χ1v) is 7.45. The minimum Gasteiger partial charge on any atom is -0.466 e. The van der Waals surface area contributed by atoms with Crippen LogP contribution in [-0.2, 0) is 19.1 Å². The number of nitrogens with zero attached hydrogens (tertiary/aromatic N) is 1. The van der Waals surface area contributed by atoms with E-state index in [1.54, 1.807) is 19.9 Å². The molecule has 0 amide bonds. The molecule has 1 aromatic rings. The van der Waals surface area contributed by atoms with E-state index in [0.29, 0.717) is 12.3 Å². The van der Waals surface area contributed by atoms with Crippen LogP contribution in [0.4, 0.5) is 0 Å². The van der Waals surface area contributed by atoms with Gasteiger partial charge in [-0.15, -0.1) is 0 Å². The highest BCUT2D eigenvalue weighted by Crippen LogP contribution is 2.36. The maximum Gasteiger partial charge on any atom is 0.351 e. The smallest absolute Gasteiger partial charge is 0.351 e. The molecular formula is C17H18N2O4. The number of hydrogen-bond acceptors (Lipinski definition) is 6. The summed E-state index contributed by atoms with van der Waals surface area (Å²) in [7, 11) is 0. The Morgan fingerprint density at radius 1 is 1.22 bits per heavy atom. The fourth-order valence-electron chi connectivity index (χ4n) is 2.52. The van der Waals surface area contributed by atoms with Crippen molar-refractivity contribution in [3.8, 4) is 6.07 Å². The first kappa shape index (κ1) is 16.6. The summed E-state index contributed by atoms with van der Waals surface area (Å²) in [5, 5.41) is 12.4. The van der Waals surface area contributed by atoms with E-state index in [4.69, 9.17) is 9.47 Å². The lowest BCUT2D eigenvalue weighted by molar-refractivity contribution is -0.143. The lowest BCUT2D eigenvalue weighted by Crippen LogP contribution is -2.19. The Morgan fingerprint density at radius 2 is 1.91 bits per heavy atom. The van der Waals surface area contributed by atoms with E-state index >= 15 is 0 Å². The number of ether oxygens (including phenoxy) is 2. The molecule has 0 saturated carbocycles. The van der Waals surface area contributed by atoms with Crippen LogP contribution in [0.25, 0.3) is 5.70 Å². The van der Waals surface area contributed by atoms with Crippen molar-refractivity contribution in [1.82, 2.24) is 5.32 Å². The third kappa shape index (κ3) is 3.51. The summed E-state index contributed by atoms with van der Waals surface area (Å²) in [5.74, 6) is -1.01. The average molecular weight is 314 g/mol. The zero-order valence-electron chi connectivity index (χ0n) is 13.1. The van der Waals surface area contributed by atoms with Crippen molar-refractivity contribution in [2.24, 2.45) is 0 Å². The number of nitrogens with one attached hydrogen (secondary N) is 1. The predicted molar refractivity (Wildman–Crippen MR) is 82.7 cm³/mol. The molecule has 1 N–H and O–H groups in total. The summed E-state index contributed by atoms with van der Waals surface area (Å²) in [6, 6.07) is 8.88. The van der Waals surface area contributed by atoms with Crippen molar-refractivity contribution < 1.29 is 19.1 Å². The predicted octanol–water partition coefficient (Wildman–Crippen LogP) is 2.08. The van der Waals surface area contributed by atoms with E-state index in [1.807, 2.05) is 24.3 Å². The van der Waals surface area contributed by atoms with E-state index in [1.165, 1.54) is 0 Å². The number of rotatable bonds is 5. The molecule has 23 heavy (non-hydrogen) atoms. The molecule has 1 aromatic carbocycles. The summed E-state index contributed by atoms with van der Waals surface area (Å²) in [6.45, 7) is 3.91. The number of esters is 2. The Labute approximate surface area is 134 Å². The molecule has 0 fully saturated rings. The molecule has 1 aliphatic heterocycles. The molecule has 0 radical (unpaired) electrons. The molecule has 120 valence electrons. The SMILES string of the molecule is CCOC(=O)CC1N/C(=C(/C#N)C(=O)OCC)c2ccccc21. The summed E-state index contributed by atoms with van der Waals surface area (Å²) >= 11 is 0. The third-order valence-corrected chi connectivity index (χ3v) is 3.44. The zero-order valence-corrected chi connectivity index (χ0v) is 13.1. The van der Waals surface area contributed by atoms with Crippen molar-refractivity contribution >= 4 is 17.6 Å². The lowest BCUT2D eigenvalue weighted by atomic mass is 10.0. The van der Waals surface area contributed by atoms with Gasteiger partial charge in [-0.05, 0) is 19.4 Å². The van der Waals surface area contributed by atoms with Gasteiger partial charge >= 0.3 is 11.9 Å². The Morgan fingerprint density at radius 3 is 2.57 bits per heavy atom. The molecule has 6 heteroatoms. The van der Waals surface area contributed by atoms with E-state index in [2.05, 4.69) is 5.32 Å². The molecule has 2 rings (SSSR count). The number of carbonyl (C=O) groups excluding carboxylic acids is 2. The molecule has 1 unspecified atom stereocenters. The molecule has 0 aromatic heterocycles. The van der Waals surface area contributed by atoms with Crippen LogP contribution in [0.5, 0.6) is 0 Å². The highest BCUT2D eigenvalue weighted by atomic mass is 16.5. The molecule has 1 atom stereocenters. The second-order valence-corrected chi connectivity index (χ2v) is 4.88. The van der Waals surface area contributed by atoms with Gasteiger partial charge in [0.1, 0.15) is 6.07 Å². The van der Waals surface area contributed by atoms with Crippen molar-refractivity contribution in [1.29, 1.82) is 5.26 Å². The van der Waals surface area contributed by atoms with Gasteiger partial charge in [-0.3, -0.25) is 4.79 Å². The number of benzene rings is 1. The van der Waals surface area contributed by atoms with Crippen LogP contribution in [0, 0.1) is 11.3 Å². The van der Waals surface area contributed by atoms with Crippen molar-refractivity contribution in [3.63, 3.8) is 0 Å². The van der Waals surface area contributed by atoms with E-state index in [0.717, 1.165) is 11.1 Å². The first-order valence-electron chi connectivity index (χ1n) is 7.45. The molecule has 0 aliphatic carbocycles. The van der Waals surface area contributed by atoms with Crippen LogP contribution >= 0.6 is 0 Å². The molecule has 0 bridgehead atoms. The third-order valence-electron chi connectivity index (χ3n) is 3.44. The van der Waals surface area contributed by atoms with Gasteiger partial charge in [-0.25, -0.2) is 4.79 Å². The van der Waals surface area contributed by atoms with E-state index in [9.17, 15) is 14.9 Å². The van der Waals surface area contributed by atoms with Gasteiger partial charge in [0.2, 0.25) is 0 Å².